The molecule has 1 saturated carbocycles. The highest BCUT2D eigenvalue weighted by molar-refractivity contribution is 7.17. The standard InChI is InChI=1S/C18H26N2S/c1-3-20(4-2)18(11-5-6-12-18)17(19)15-9-7-8-14-10-13-21-16(14)15/h7-10,13,17H,3-6,11-12,19H2,1-2H3. The van der Waals surface area contributed by atoms with E-state index in [1.807, 2.05) is 11.3 Å². The van der Waals surface area contributed by atoms with Crippen LogP contribution in [0.25, 0.3) is 10.1 Å². The van der Waals surface area contributed by atoms with Gasteiger partial charge in [-0.15, -0.1) is 11.3 Å². The molecule has 1 aromatic heterocycles. The molecule has 3 heteroatoms. The second-order valence-electron chi connectivity index (χ2n) is 6.15. The van der Waals surface area contributed by atoms with E-state index in [9.17, 15) is 0 Å². The van der Waals surface area contributed by atoms with Gasteiger partial charge < -0.3 is 5.73 Å². The van der Waals surface area contributed by atoms with Gasteiger partial charge in [-0.1, -0.05) is 44.9 Å². The van der Waals surface area contributed by atoms with Crippen molar-refractivity contribution in [2.24, 2.45) is 5.73 Å². The minimum absolute atomic E-state index is 0.113. The molecule has 0 radical (unpaired) electrons. The van der Waals surface area contributed by atoms with Gasteiger partial charge in [-0.25, -0.2) is 0 Å². The van der Waals surface area contributed by atoms with Gasteiger partial charge in [0.2, 0.25) is 0 Å². The zero-order valence-electron chi connectivity index (χ0n) is 13.1. The van der Waals surface area contributed by atoms with Gasteiger partial charge in [-0.3, -0.25) is 4.90 Å². The van der Waals surface area contributed by atoms with Gasteiger partial charge in [0.15, 0.2) is 0 Å². The number of hydrogen-bond donors (Lipinski definition) is 1. The number of nitrogens with two attached hydrogens (primary N) is 1. The van der Waals surface area contributed by atoms with E-state index in [2.05, 4.69) is 48.4 Å². The number of hydrogen-bond acceptors (Lipinski definition) is 3. The fourth-order valence-corrected chi connectivity index (χ4v) is 5.17. The maximum atomic E-state index is 6.88. The molecule has 1 fully saturated rings. The molecule has 2 N–H and O–H groups in total. The molecular formula is C18H26N2S. The molecule has 1 unspecified atom stereocenters. The summed E-state index contributed by atoms with van der Waals surface area (Å²) in [6.07, 6.45) is 5.09. The molecule has 0 amide bonds. The third-order valence-corrected chi connectivity index (χ3v) is 6.27. The first kappa shape index (κ1) is 15.0. The van der Waals surface area contributed by atoms with Crippen molar-refractivity contribution >= 4 is 21.4 Å². The Labute approximate surface area is 131 Å². The smallest absolute Gasteiger partial charge is 0.0496 e. The van der Waals surface area contributed by atoms with Crippen molar-refractivity contribution in [1.82, 2.24) is 4.90 Å². The molecule has 114 valence electrons. The van der Waals surface area contributed by atoms with Crippen LogP contribution < -0.4 is 5.73 Å². The maximum Gasteiger partial charge on any atom is 0.0496 e. The van der Waals surface area contributed by atoms with Crippen LogP contribution in [0.2, 0.25) is 0 Å². The summed E-state index contributed by atoms with van der Waals surface area (Å²) in [7, 11) is 0. The average Bonchev–Trinajstić information content (AvgIpc) is 3.17. The Hall–Kier alpha value is -0.900. The fourth-order valence-electron chi connectivity index (χ4n) is 4.22. The van der Waals surface area contributed by atoms with Gasteiger partial charge in [-0.2, -0.15) is 0 Å². The molecule has 2 nitrogen and oxygen atoms in total. The number of nitrogens with zero attached hydrogens (tertiary/aromatic N) is 1. The number of benzene rings is 1. The molecule has 3 rings (SSSR count). The molecule has 1 atom stereocenters. The third kappa shape index (κ3) is 2.41. The summed E-state index contributed by atoms with van der Waals surface area (Å²) in [5, 5.41) is 3.51. The molecule has 0 aliphatic heterocycles. The molecule has 1 aliphatic carbocycles. The highest BCUT2D eigenvalue weighted by atomic mass is 32.1. The summed E-state index contributed by atoms with van der Waals surface area (Å²) >= 11 is 1.83. The van der Waals surface area contributed by atoms with E-state index >= 15 is 0 Å². The van der Waals surface area contributed by atoms with Gasteiger partial charge in [0, 0.05) is 16.3 Å². The Morgan fingerprint density at radius 3 is 2.57 bits per heavy atom. The van der Waals surface area contributed by atoms with Crippen molar-refractivity contribution in [3.63, 3.8) is 0 Å². The van der Waals surface area contributed by atoms with Crippen molar-refractivity contribution in [1.29, 1.82) is 0 Å². The fraction of sp³-hybridized carbons (Fsp3) is 0.556. The first-order valence-electron chi connectivity index (χ1n) is 8.19. The van der Waals surface area contributed by atoms with E-state index in [0.717, 1.165) is 13.1 Å². The van der Waals surface area contributed by atoms with Gasteiger partial charge in [0.25, 0.3) is 0 Å². The Morgan fingerprint density at radius 2 is 1.90 bits per heavy atom. The summed E-state index contributed by atoms with van der Waals surface area (Å²) < 4.78 is 1.38. The Balaban J connectivity index is 2.05. The highest BCUT2D eigenvalue weighted by Crippen LogP contribution is 2.45. The molecule has 0 spiro atoms. The van der Waals surface area contributed by atoms with Crippen LogP contribution in [-0.2, 0) is 0 Å². The molecule has 0 saturated heterocycles. The van der Waals surface area contributed by atoms with E-state index < -0.39 is 0 Å². The summed E-state index contributed by atoms with van der Waals surface area (Å²) in [5.74, 6) is 0. The predicted molar refractivity (Wildman–Crippen MR) is 92.9 cm³/mol. The maximum absolute atomic E-state index is 6.88. The lowest BCUT2D eigenvalue weighted by Gasteiger charge is -2.45. The zero-order valence-corrected chi connectivity index (χ0v) is 14.0. The van der Waals surface area contributed by atoms with Crippen molar-refractivity contribution in [2.45, 2.75) is 51.1 Å². The van der Waals surface area contributed by atoms with Crippen LogP contribution in [0.1, 0.15) is 51.1 Å². The Kier molecular flexibility index (Phi) is 4.34. The normalized spacial score (nSPS) is 19.4. The molecule has 0 bridgehead atoms. The third-order valence-electron chi connectivity index (χ3n) is 5.29. The van der Waals surface area contributed by atoms with E-state index in [-0.39, 0.29) is 11.6 Å². The molecule has 1 aromatic carbocycles. The topological polar surface area (TPSA) is 29.3 Å². The predicted octanol–water partition coefficient (Wildman–Crippen LogP) is 4.56. The lowest BCUT2D eigenvalue weighted by atomic mass is 9.82. The van der Waals surface area contributed by atoms with E-state index in [4.69, 9.17) is 5.73 Å². The quantitative estimate of drug-likeness (QED) is 0.877. The van der Waals surface area contributed by atoms with Crippen LogP contribution in [0.5, 0.6) is 0 Å². The lowest BCUT2D eigenvalue weighted by Crippen LogP contribution is -2.53. The Bertz CT molecular complexity index is 594. The lowest BCUT2D eigenvalue weighted by molar-refractivity contribution is 0.0775. The number of likely N-dealkylation sites (N-methyl/N-ethyl adjacent to an activating group) is 1. The zero-order chi connectivity index (χ0) is 14.9. The van der Waals surface area contributed by atoms with Crippen molar-refractivity contribution in [3.05, 3.63) is 35.2 Å². The van der Waals surface area contributed by atoms with Crippen LogP contribution in [0.15, 0.2) is 29.6 Å². The first-order valence-corrected chi connectivity index (χ1v) is 9.07. The van der Waals surface area contributed by atoms with Crippen molar-refractivity contribution in [3.8, 4) is 0 Å². The molecule has 1 aliphatic rings. The van der Waals surface area contributed by atoms with Gasteiger partial charge >= 0.3 is 0 Å². The minimum Gasteiger partial charge on any atom is -0.322 e. The molecular weight excluding hydrogens is 276 g/mol. The van der Waals surface area contributed by atoms with Gasteiger partial charge in [-0.05, 0) is 48.3 Å². The number of fused-ring (bicyclic) bond motifs is 1. The summed E-state index contributed by atoms with van der Waals surface area (Å²) in [6, 6.07) is 8.92. The number of rotatable bonds is 5. The second-order valence-corrected chi connectivity index (χ2v) is 7.06. The second kappa shape index (κ2) is 6.07. The monoisotopic (exact) mass is 302 g/mol. The van der Waals surface area contributed by atoms with Gasteiger partial charge in [0.1, 0.15) is 0 Å². The average molecular weight is 302 g/mol. The SMILES string of the molecule is CCN(CC)C1(C(N)c2cccc3ccsc23)CCCC1. The van der Waals surface area contributed by atoms with Crippen molar-refractivity contribution in [2.75, 3.05) is 13.1 Å². The first-order chi connectivity index (χ1) is 10.2. The van der Waals surface area contributed by atoms with Crippen molar-refractivity contribution < 1.29 is 0 Å². The summed E-state index contributed by atoms with van der Waals surface area (Å²) in [6.45, 7) is 6.71. The molecule has 1 heterocycles. The molecule has 2 aromatic rings. The highest BCUT2D eigenvalue weighted by Gasteiger charge is 2.44. The van der Waals surface area contributed by atoms with E-state index in [1.165, 1.54) is 41.3 Å². The molecule has 21 heavy (non-hydrogen) atoms. The summed E-state index contributed by atoms with van der Waals surface area (Å²) in [4.78, 5) is 2.61. The minimum atomic E-state index is 0.113. The number of thiophene rings is 1. The van der Waals surface area contributed by atoms with Crippen LogP contribution in [0.4, 0.5) is 0 Å². The Morgan fingerprint density at radius 1 is 1.19 bits per heavy atom. The van der Waals surface area contributed by atoms with Crippen LogP contribution in [0.3, 0.4) is 0 Å². The largest absolute Gasteiger partial charge is 0.322 e. The van der Waals surface area contributed by atoms with Crippen LogP contribution in [0, 0.1) is 0 Å². The van der Waals surface area contributed by atoms with Crippen LogP contribution >= 0.6 is 11.3 Å². The van der Waals surface area contributed by atoms with E-state index in [1.54, 1.807) is 0 Å². The summed E-state index contributed by atoms with van der Waals surface area (Å²) in [5.41, 5.74) is 8.38. The van der Waals surface area contributed by atoms with Crippen LogP contribution in [-0.4, -0.2) is 23.5 Å². The van der Waals surface area contributed by atoms with E-state index in [0.29, 0.717) is 0 Å². The van der Waals surface area contributed by atoms with Gasteiger partial charge in [0.05, 0.1) is 0 Å².